The summed E-state index contributed by atoms with van der Waals surface area (Å²) in [5.41, 5.74) is 6.65. The van der Waals surface area contributed by atoms with E-state index in [4.69, 9.17) is 5.73 Å². The van der Waals surface area contributed by atoms with Crippen LogP contribution in [0.1, 0.15) is 28.9 Å². The summed E-state index contributed by atoms with van der Waals surface area (Å²) in [6.45, 7) is 3.86. The van der Waals surface area contributed by atoms with Crippen molar-refractivity contribution >= 4 is 11.7 Å². The van der Waals surface area contributed by atoms with Crippen molar-refractivity contribution in [1.29, 1.82) is 0 Å². The molecule has 3 N–H and O–H groups in total. The van der Waals surface area contributed by atoms with E-state index < -0.39 is 5.91 Å². The van der Waals surface area contributed by atoms with Gasteiger partial charge in [-0.2, -0.15) is 0 Å². The maximum absolute atomic E-state index is 11.2. The Bertz CT molecular complexity index is 441. The van der Waals surface area contributed by atoms with E-state index >= 15 is 0 Å². The number of carbonyl (C=O) groups is 1. The van der Waals surface area contributed by atoms with Gasteiger partial charge in [0, 0.05) is 30.9 Å². The lowest BCUT2D eigenvalue weighted by molar-refractivity contribution is 0.1000. The zero-order valence-electron chi connectivity index (χ0n) is 10.9. The van der Waals surface area contributed by atoms with Crippen LogP contribution in [0.3, 0.4) is 0 Å². The Morgan fingerprint density at radius 3 is 3.00 bits per heavy atom. The number of aryl methyl sites for hydroxylation is 1. The Morgan fingerprint density at radius 1 is 1.61 bits per heavy atom. The van der Waals surface area contributed by atoms with Crippen LogP contribution < -0.4 is 16.0 Å². The average Bonchev–Trinajstić information content (AvgIpc) is 2.80. The van der Waals surface area contributed by atoms with Crippen molar-refractivity contribution in [3.8, 4) is 0 Å². The largest absolute Gasteiger partial charge is 0.366 e. The van der Waals surface area contributed by atoms with Crippen LogP contribution in [0.5, 0.6) is 0 Å². The van der Waals surface area contributed by atoms with Crippen LogP contribution in [0, 0.1) is 6.92 Å². The Labute approximate surface area is 107 Å². The highest BCUT2D eigenvalue weighted by Crippen LogP contribution is 2.15. The molecule has 18 heavy (non-hydrogen) atoms. The quantitative estimate of drug-likeness (QED) is 0.822. The summed E-state index contributed by atoms with van der Waals surface area (Å²) < 4.78 is 0. The molecule has 0 aliphatic carbocycles. The van der Waals surface area contributed by atoms with Crippen molar-refractivity contribution in [2.75, 3.05) is 25.0 Å². The fraction of sp³-hybridized carbons (Fsp3) is 0.538. The molecule has 1 saturated heterocycles. The van der Waals surface area contributed by atoms with E-state index in [0.717, 1.165) is 24.6 Å². The Hall–Kier alpha value is -1.62. The molecule has 98 valence electrons. The lowest BCUT2D eigenvalue weighted by Crippen LogP contribution is -2.35. The molecule has 2 rings (SSSR count). The Balaban J connectivity index is 2.13. The molecule has 1 aliphatic heterocycles. The number of nitrogens with one attached hydrogen (secondary N) is 1. The molecular weight excluding hydrogens is 228 g/mol. The summed E-state index contributed by atoms with van der Waals surface area (Å²) in [7, 11) is 1.99. The van der Waals surface area contributed by atoms with Gasteiger partial charge < -0.3 is 16.0 Å². The molecule has 0 bridgehead atoms. The van der Waals surface area contributed by atoms with Crippen LogP contribution in [-0.2, 0) is 0 Å². The van der Waals surface area contributed by atoms with Crippen molar-refractivity contribution in [2.24, 2.45) is 5.73 Å². The normalized spacial score (nSPS) is 18.9. The number of pyridine rings is 1. The van der Waals surface area contributed by atoms with Crippen LogP contribution >= 0.6 is 0 Å². The number of nitrogens with two attached hydrogens (primary N) is 1. The maximum Gasteiger partial charge on any atom is 0.248 e. The Morgan fingerprint density at radius 2 is 2.39 bits per heavy atom. The molecule has 0 radical (unpaired) electrons. The molecular formula is C13H20N4O. The molecule has 1 aromatic rings. The third kappa shape index (κ3) is 2.98. The zero-order valence-corrected chi connectivity index (χ0v) is 10.9. The fourth-order valence-corrected chi connectivity index (χ4v) is 2.33. The van der Waals surface area contributed by atoms with Crippen LogP contribution in [0.15, 0.2) is 12.1 Å². The molecule has 0 spiro atoms. The van der Waals surface area contributed by atoms with Gasteiger partial charge in [0.2, 0.25) is 5.91 Å². The molecule has 0 saturated carbocycles. The lowest BCUT2D eigenvalue weighted by atomic mass is 10.2. The number of likely N-dealkylation sites (N-methyl/N-ethyl adjacent to an activating group) is 1. The number of nitrogens with zero attached hydrogens (tertiary/aromatic N) is 2. The van der Waals surface area contributed by atoms with Gasteiger partial charge in [-0.15, -0.1) is 0 Å². The van der Waals surface area contributed by atoms with Gasteiger partial charge in [0.25, 0.3) is 0 Å². The van der Waals surface area contributed by atoms with E-state index in [1.165, 1.54) is 12.8 Å². The average molecular weight is 248 g/mol. The molecule has 5 nitrogen and oxygen atoms in total. The monoisotopic (exact) mass is 248 g/mol. The lowest BCUT2D eigenvalue weighted by Gasteiger charge is -2.23. The highest BCUT2D eigenvalue weighted by Gasteiger charge is 2.17. The second kappa shape index (κ2) is 5.35. The molecule has 5 heteroatoms. The first kappa shape index (κ1) is 12.8. The summed E-state index contributed by atoms with van der Waals surface area (Å²) >= 11 is 0. The second-order valence-corrected chi connectivity index (χ2v) is 4.89. The van der Waals surface area contributed by atoms with Crippen molar-refractivity contribution < 1.29 is 4.79 Å². The van der Waals surface area contributed by atoms with Crippen LogP contribution in [0.25, 0.3) is 0 Å². The van der Waals surface area contributed by atoms with Crippen molar-refractivity contribution in [1.82, 2.24) is 10.3 Å². The van der Waals surface area contributed by atoms with Crippen LogP contribution in [-0.4, -0.2) is 37.1 Å². The number of anilines is 1. The topological polar surface area (TPSA) is 71.2 Å². The van der Waals surface area contributed by atoms with Crippen molar-refractivity contribution in [3.63, 3.8) is 0 Å². The smallest absolute Gasteiger partial charge is 0.248 e. The summed E-state index contributed by atoms with van der Waals surface area (Å²) in [6.07, 6.45) is 2.42. The third-order valence-corrected chi connectivity index (χ3v) is 3.27. The maximum atomic E-state index is 11.2. The highest BCUT2D eigenvalue weighted by atomic mass is 16.1. The van der Waals surface area contributed by atoms with Gasteiger partial charge in [-0.05, 0) is 38.4 Å². The van der Waals surface area contributed by atoms with Crippen molar-refractivity contribution in [3.05, 3.63) is 23.4 Å². The molecule has 0 aromatic carbocycles. The summed E-state index contributed by atoms with van der Waals surface area (Å²) in [4.78, 5) is 17.8. The number of primary amides is 1. The van der Waals surface area contributed by atoms with Gasteiger partial charge in [0.1, 0.15) is 5.82 Å². The van der Waals surface area contributed by atoms with Crippen LogP contribution in [0.2, 0.25) is 0 Å². The minimum absolute atomic E-state index is 0.408. The van der Waals surface area contributed by atoms with Crippen LogP contribution in [0.4, 0.5) is 5.82 Å². The number of rotatable bonds is 4. The minimum atomic E-state index is -0.408. The van der Waals surface area contributed by atoms with E-state index in [2.05, 4.69) is 15.2 Å². The summed E-state index contributed by atoms with van der Waals surface area (Å²) in [6, 6.07) is 3.98. The zero-order chi connectivity index (χ0) is 13.1. The van der Waals surface area contributed by atoms with Crippen molar-refractivity contribution in [2.45, 2.75) is 25.8 Å². The van der Waals surface area contributed by atoms with E-state index in [0.29, 0.717) is 11.6 Å². The first-order valence-corrected chi connectivity index (χ1v) is 6.29. The summed E-state index contributed by atoms with van der Waals surface area (Å²) in [5.74, 6) is 0.395. The van der Waals surface area contributed by atoms with Gasteiger partial charge in [0.15, 0.2) is 0 Å². The van der Waals surface area contributed by atoms with Gasteiger partial charge >= 0.3 is 0 Å². The summed E-state index contributed by atoms with van der Waals surface area (Å²) in [5, 5.41) is 3.45. The van der Waals surface area contributed by atoms with E-state index in [9.17, 15) is 4.79 Å². The molecule has 1 fully saturated rings. The highest BCUT2D eigenvalue weighted by molar-refractivity contribution is 5.93. The number of hydrogen-bond donors (Lipinski definition) is 2. The molecule has 1 unspecified atom stereocenters. The molecule has 2 heterocycles. The molecule has 1 aromatic heterocycles. The predicted octanol–water partition coefficient (Wildman–Crippen LogP) is 0.677. The standard InChI is InChI=1S/C13H20N4O/c1-9-6-10(13(14)18)7-12(16-9)17(2)8-11-4-3-5-15-11/h6-7,11,15H,3-5,8H2,1-2H3,(H2,14,18). The predicted molar refractivity (Wildman–Crippen MR) is 71.8 cm³/mol. The van der Waals surface area contributed by atoms with E-state index in [-0.39, 0.29) is 0 Å². The fourth-order valence-electron chi connectivity index (χ4n) is 2.33. The molecule has 1 atom stereocenters. The number of hydrogen-bond acceptors (Lipinski definition) is 4. The van der Waals surface area contributed by atoms with E-state index in [1.54, 1.807) is 12.1 Å². The first-order chi connectivity index (χ1) is 8.56. The molecule has 1 aliphatic rings. The number of amides is 1. The second-order valence-electron chi connectivity index (χ2n) is 4.89. The number of carbonyl (C=O) groups excluding carboxylic acids is 1. The number of aromatic nitrogens is 1. The van der Waals surface area contributed by atoms with Gasteiger partial charge in [0.05, 0.1) is 0 Å². The van der Waals surface area contributed by atoms with E-state index in [1.807, 2.05) is 14.0 Å². The Kier molecular flexibility index (Phi) is 3.81. The first-order valence-electron chi connectivity index (χ1n) is 6.29. The van der Waals surface area contributed by atoms with Gasteiger partial charge in [-0.3, -0.25) is 4.79 Å². The minimum Gasteiger partial charge on any atom is -0.366 e. The third-order valence-electron chi connectivity index (χ3n) is 3.27. The SMILES string of the molecule is Cc1cc(C(N)=O)cc(N(C)CC2CCCN2)n1. The molecule has 1 amide bonds. The van der Waals surface area contributed by atoms with Gasteiger partial charge in [-0.25, -0.2) is 4.98 Å². The van der Waals surface area contributed by atoms with Gasteiger partial charge in [-0.1, -0.05) is 0 Å².